The number of piperidine rings is 1. The quantitative estimate of drug-likeness (QED) is 0.754. The number of pyridine rings is 1. The molecule has 134 valence electrons. The molecule has 3 rings (SSSR count). The number of aromatic nitrogens is 1. The van der Waals surface area contributed by atoms with Gasteiger partial charge in [0.05, 0.1) is 6.54 Å². The Bertz CT molecular complexity index is 697. The molecule has 25 heavy (non-hydrogen) atoms. The Morgan fingerprint density at radius 2 is 2.00 bits per heavy atom. The number of benzene rings is 1. The van der Waals surface area contributed by atoms with Crippen molar-refractivity contribution in [2.75, 3.05) is 25.0 Å². The van der Waals surface area contributed by atoms with E-state index in [2.05, 4.69) is 33.4 Å². The second-order valence-corrected chi connectivity index (χ2v) is 6.87. The van der Waals surface area contributed by atoms with Crippen molar-refractivity contribution in [3.63, 3.8) is 0 Å². The number of aryl methyl sites for hydroxylation is 1. The van der Waals surface area contributed by atoms with Gasteiger partial charge in [-0.1, -0.05) is 12.1 Å². The highest BCUT2D eigenvalue weighted by Crippen LogP contribution is 2.21. The molecule has 3 N–H and O–H groups in total. The number of aliphatic hydroxyl groups is 1. The molecule has 0 aliphatic carbocycles. The topological polar surface area (TPSA) is 68.6 Å². The SMILES string of the molecule is Cc1ccc(O)c(CNc2cccc(CN3CCC(CO)CC3)c2)n1. The van der Waals surface area contributed by atoms with Crippen molar-refractivity contribution in [2.45, 2.75) is 32.9 Å². The molecule has 5 heteroatoms. The third kappa shape index (κ3) is 4.94. The van der Waals surface area contributed by atoms with Crippen LogP contribution in [0.3, 0.4) is 0 Å². The Balaban J connectivity index is 1.57. The first-order valence-electron chi connectivity index (χ1n) is 8.95. The van der Waals surface area contributed by atoms with Gasteiger partial charge in [0.25, 0.3) is 0 Å². The molecule has 0 spiro atoms. The van der Waals surface area contributed by atoms with Crippen molar-refractivity contribution >= 4 is 5.69 Å². The zero-order valence-electron chi connectivity index (χ0n) is 14.8. The molecule has 1 fully saturated rings. The number of likely N-dealkylation sites (tertiary alicyclic amines) is 1. The van der Waals surface area contributed by atoms with E-state index in [1.165, 1.54) is 5.56 Å². The van der Waals surface area contributed by atoms with Gasteiger partial charge in [-0.15, -0.1) is 0 Å². The molecular formula is C20H27N3O2. The van der Waals surface area contributed by atoms with Crippen molar-refractivity contribution in [2.24, 2.45) is 5.92 Å². The van der Waals surface area contributed by atoms with Crippen LogP contribution in [0.15, 0.2) is 36.4 Å². The lowest BCUT2D eigenvalue weighted by Gasteiger charge is -2.31. The lowest BCUT2D eigenvalue weighted by molar-refractivity contribution is 0.127. The average Bonchev–Trinajstić information content (AvgIpc) is 2.63. The molecule has 0 unspecified atom stereocenters. The van der Waals surface area contributed by atoms with Gasteiger partial charge in [0.1, 0.15) is 11.4 Å². The number of anilines is 1. The van der Waals surface area contributed by atoms with Gasteiger partial charge in [0, 0.05) is 24.5 Å². The molecule has 0 radical (unpaired) electrons. The minimum atomic E-state index is 0.223. The highest BCUT2D eigenvalue weighted by atomic mass is 16.3. The normalized spacial score (nSPS) is 16.1. The van der Waals surface area contributed by atoms with E-state index in [9.17, 15) is 10.2 Å². The fourth-order valence-corrected chi connectivity index (χ4v) is 3.28. The summed E-state index contributed by atoms with van der Waals surface area (Å²) in [7, 11) is 0. The lowest BCUT2D eigenvalue weighted by Crippen LogP contribution is -2.34. The van der Waals surface area contributed by atoms with Gasteiger partial charge < -0.3 is 15.5 Å². The minimum absolute atomic E-state index is 0.223. The first kappa shape index (κ1) is 17.7. The minimum Gasteiger partial charge on any atom is -0.506 e. The van der Waals surface area contributed by atoms with Gasteiger partial charge in [-0.2, -0.15) is 0 Å². The second-order valence-electron chi connectivity index (χ2n) is 6.87. The number of aliphatic hydroxyl groups excluding tert-OH is 1. The predicted octanol–water partition coefficient (Wildman–Crippen LogP) is 2.91. The third-order valence-corrected chi connectivity index (χ3v) is 4.85. The zero-order valence-corrected chi connectivity index (χ0v) is 14.8. The molecule has 1 aliphatic rings. The van der Waals surface area contributed by atoms with Gasteiger partial charge in [0.15, 0.2) is 0 Å². The number of nitrogens with zero attached hydrogens (tertiary/aromatic N) is 2. The largest absolute Gasteiger partial charge is 0.506 e. The number of aromatic hydroxyl groups is 1. The van der Waals surface area contributed by atoms with Crippen LogP contribution in [-0.4, -0.2) is 39.8 Å². The number of hydrogen-bond acceptors (Lipinski definition) is 5. The maximum absolute atomic E-state index is 9.90. The van der Waals surface area contributed by atoms with Gasteiger partial charge in [0.2, 0.25) is 0 Å². The van der Waals surface area contributed by atoms with Crippen LogP contribution in [0, 0.1) is 12.8 Å². The summed E-state index contributed by atoms with van der Waals surface area (Å²) in [6, 6.07) is 11.9. The first-order chi connectivity index (χ1) is 12.1. The van der Waals surface area contributed by atoms with Gasteiger partial charge in [-0.25, -0.2) is 0 Å². The van der Waals surface area contributed by atoms with E-state index < -0.39 is 0 Å². The summed E-state index contributed by atoms with van der Waals surface area (Å²) >= 11 is 0. The Labute approximate surface area is 149 Å². The van der Waals surface area contributed by atoms with Crippen molar-refractivity contribution < 1.29 is 10.2 Å². The third-order valence-electron chi connectivity index (χ3n) is 4.85. The van der Waals surface area contributed by atoms with E-state index in [4.69, 9.17) is 0 Å². The second kappa shape index (κ2) is 8.32. The summed E-state index contributed by atoms with van der Waals surface area (Å²) in [4.78, 5) is 6.82. The molecule has 0 amide bonds. The van der Waals surface area contributed by atoms with Crippen LogP contribution in [0.2, 0.25) is 0 Å². The molecule has 5 nitrogen and oxygen atoms in total. The summed E-state index contributed by atoms with van der Waals surface area (Å²) in [5.74, 6) is 0.694. The molecule has 0 bridgehead atoms. The summed E-state index contributed by atoms with van der Waals surface area (Å²) in [5, 5.41) is 22.5. The number of nitrogens with one attached hydrogen (secondary N) is 1. The monoisotopic (exact) mass is 341 g/mol. The highest BCUT2D eigenvalue weighted by molar-refractivity contribution is 5.46. The van der Waals surface area contributed by atoms with E-state index in [0.29, 0.717) is 24.8 Å². The Hall–Kier alpha value is -2.11. The summed E-state index contributed by atoms with van der Waals surface area (Å²) in [6.45, 7) is 5.75. The summed E-state index contributed by atoms with van der Waals surface area (Å²) < 4.78 is 0. The Morgan fingerprint density at radius 3 is 2.76 bits per heavy atom. The molecule has 1 aliphatic heterocycles. The van der Waals surface area contributed by atoms with Gasteiger partial charge in [-0.3, -0.25) is 9.88 Å². The summed E-state index contributed by atoms with van der Waals surface area (Å²) in [6.07, 6.45) is 2.15. The Kier molecular flexibility index (Phi) is 5.89. The van der Waals surface area contributed by atoms with Crippen LogP contribution >= 0.6 is 0 Å². The van der Waals surface area contributed by atoms with E-state index in [-0.39, 0.29) is 5.75 Å². The van der Waals surface area contributed by atoms with Crippen LogP contribution in [-0.2, 0) is 13.1 Å². The molecule has 0 atom stereocenters. The molecular weight excluding hydrogens is 314 g/mol. The standard InChI is InChI=1S/C20H27N3O2/c1-15-5-6-20(25)19(22-15)12-21-18-4-2-3-17(11-18)13-23-9-7-16(14-24)8-10-23/h2-6,11,16,21,24-25H,7-10,12-14H2,1H3. The van der Waals surface area contributed by atoms with Crippen LogP contribution < -0.4 is 5.32 Å². The first-order valence-corrected chi connectivity index (χ1v) is 8.95. The maximum Gasteiger partial charge on any atom is 0.138 e. The Morgan fingerprint density at radius 1 is 1.20 bits per heavy atom. The van der Waals surface area contributed by atoms with E-state index >= 15 is 0 Å². The van der Waals surface area contributed by atoms with Crippen molar-refractivity contribution in [3.05, 3.63) is 53.3 Å². The van der Waals surface area contributed by atoms with Gasteiger partial charge >= 0.3 is 0 Å². The molecule has 1 aromatic carbocycles. The lowest BCUT2D eigenvalue weighted by atomic mass is 9.97. The zero-order chi connectivity index (χ0) is 17.6. The molecule has 1 aromatic heterocycles. The fourth-order valence-electron chi connectivity index (χ4n) is 3.28. The average molecular weight is 341 g/mol. The smallest absolute Gasteiger partial charge is 0.138 e. The van der Waals surface area contributed by atoms with Crippen LogP contribution in [0.5, 0.6) is 5.75 Å². The van der Waals surface area contributed by atoms with Crippen molar-refractivity contribution in [1.29, 1.82) is 0 Å². The maximum atomic E-state index is 9.90. The van der Waals surface area contributed by atoms with Crippen LogP contribution in [0.25, 0.3) is 0 Å². The van der Waals surface area contributed by atoms with Crippen LogP contribution in [0.4, 0.5) is 5.69 Å². The van der Waals surface area contributed by atoms with E-state index in [0.717, 1.165) is 43.9 Å². The number of hydrogen-bond donors (Lipinski definition) is 3. The molecule has 2 heterocycles. The highest BCUT2D eigenvalue weighted by Gasteiger charge is 2.18. The molecule has 0 saturated carbocycles. The van der Waals surface area contributed by atoms with Crippen molar-refractivity contribution in [1.82, 2.24) is 9.88 Å². The van der Waals surface area contributed by atoms with Crippen LogP contribution in [0.1, 0.15) is 29.8 Å². The van der Waals surface area contributed by atoms with E-state index in [1.807, 2.05) is 13.0 Å². The fraction of sp³-hybridized carbons (Fsp3) is 0.450. The molecule has 2 aromatic rings. The summed E-state index contributed by atoms with van der Waals surface area (Å²) in [5.41, 5.74) is 3.87. The van der Waals surface area contributed by atoms with E-state index in [1.54, 1.807) is 12.1 Å². The molecule has 1 saturated heterocycles. The predicted molar refractivity (Wildman–Crippen MR) is 99.5 cm³/mol. The van der Waals surface area contributed by atoms with Crippen molar-refractivity contribution in [3.8, 4) is 5.75 Å². The van der Waals surface area contributed by atoms with Gasteiger partial charge in [-0.05, 0) is 68.6 Å². The number of rotatable bonds is 6.